The Bertz CT molecular complexity index is 1020. The summed E-state index contributed by atoms with van der Waals surface area (Å²) in [5, 5.41) is 16.5. The second-order valence-corrected chi connectivity index (χ2v) is 6.27. The van der Waals surface area contributed by atoms with E-state index >= 15 is 0 Å². The van der Waals surface area contributed by atoms with Crippen molar-refractivity contribution in [2.75, 3.05) is 17.2 Å². The van der Waals surface area contributed by atoms with Crippen molar-refractivity contribution >= 4 is 28.9 Å². The number of carbonyl (C=O) groups is 1. The van der Waals surface area contributed by atoms with Crippen LogP contribution in [0.15, 0.2) is 54.6 Å². The maximum absolute atomic E-state index is 12.1. The summed E-state index contributed by atoms with van der Waals surface area (Å²) >= 11 is 0. The molecule has 0 fully saturated rings. The average molecular weight is 393 g/mol. The Labute approximate surface area is 166 Å². The van der Waals surface area contributed by atoms with Gasteiger partial charge in [-0.2, -0.15) is 0 Å². The van der Waals surface area contributed by atoms with Gasteiger partial charge in [0.1, 0.15) is 5.75 Å². The zero-order chi connectivity index (χ0) is 20.8. The van der Waals surface area contributed by atoms with Crippen LogP contribution in [0, 0.1) is 24.0 Å². The highest BCUT2D eigenvalue weighted by atomic mass is 16.6. The van der Waals surface area contributed by atoms with E-state index in [4.69, 9.17) is 4.74 Å². The number of ether oxygens (including phenoxy) is 1. The monoisotopic (exact) mass is 393 g/mol. The van der Waals surface area contributed by atoms with Crippen molar-refractivity contribution in [3.8, 4) is 5.75 Å². The summed E-state index contributed by atoms with van der Waals surface area (Å²) in [5.74, 6) is 0.490. The number of nitrogens with zero attached hydrogens (tertiary/aromatic N) is 3. The Balaban J connectivity index is 1.57. The van der Waals surface area contributed by atoms with Crippen LogP contribution in [0.3, 0.4) is 0 Å². The van der Waals surface area contributed by atoms with Gasteiger partial charge in [-0.25, -0.2) is 9.97 Å². The fourth-order valence-corrected chi connectivity index (χ4v) is 2.60. The highest BCUT2D eigenvalue weighted by Crippen LogP contribution is 2.19. The summed E-state index contributed by atoms with van der Waals surface area (Å²) in [6.45, 7) is 3.55. The third kappa shape index (κ3) is 5.73. The first-order valence-electron chi connectivity index (χ1n) is 8.75. The van der Waals surface area contributed by atoms with E-state index in [0.717, 1.165) is 17.1 Å². The normalized spacial score (nSPS) is 10.3. The van der Waals surface area contributed by atoms with Crippen LogP contribution >= 0.6 is 0 Å². The fraction of sp³-hybridized carbons (Fsp3) is 0.150. The Morgan fingerprint density at radius 2 is 1.69 bits per heavy atom. The van der Waals surface area contributed by atoms with Crippen molar-refractivity contribution in [2.24, 2.45) is 0 Å². The minimum atomic E-state index is -0.499. The lowest BCUT2D eigenvalue weighted by molar-refractivity contribution is -0.384. The molecule has 0 unspecified atom stereocenters. The molecule has 0 aliphatic rings. The van der Waals surface area contributed by atoms with Gasteiger partial charge in [0, 0.05) is 34.9 Å². The largest absolute Gasteiger partial charge is 0.484 e. The van der Waals surface area contributed by atoms with Crippen molar-refractivity contribution in [1.82, 2.24) is 9.97 Å². The second-order valence-electron chi connectivity index (χ2n) is 6.27. The van der Waals surface area contributed by atoms with Gasteiger partial charge in [0.2, 0.25) is 5.95 Å². The lowest BCUT2D eigenvalue weighted by Gasteiger charge is -2.10. The number of aryl methyl sites for hydroxylation is 2. The van der Waals surface area contributed by atoms with E-state index in [1.54, 1.807) is 18.2 Å². The smallest absolute Gasteiger partial charge is 0.269 e. The summed E-state index contributed by atoms with van der Waals surface area (Å²) in [6, 6.07) is 14.5. The lowest BCUT2D eigenvalue weighted by atomic mass is 10.2. The van der Waals surface area contributed by atoms with Gasteiger partial charge in [-0.1, -0.05) is 6.07 Å². The van der Waals surface area contributed by atoms with Crippen LogP contribution in [-0.4, -0.2) is 27.4 Å². The molecule has 1 amide bonds. The number of non-ortho nitro benzene ring substituents is 1. The molecule has 1 aromatic heterocycles. The van der Waals surface area contributed by atoms with Crippen LogP contribution in [0.5, 0.6) is 5.75 Å². The zero-order valence-corrected chi connectivity index (χ0v) is 15.9. The van der Waals surface area contributed by atoms with E-state index in [1.807, 2.05) is 26.0 Å². The highest BCUT2D eigenvalue weighted by Gasteiger charge is 2.08. The number of hydrogen-bond acceptors (Lipinski definition) is 7. The van der Waals surface area contributed by atoms with Crippen molar-refractivity contribution < 1.29 is 14.5 Å². The SMILES string of the molecule is Cc1cc(C)nc(Nc2cccc(NC(=O)COc3ccc([N+](=O)[O-])cc3)c2)n1. The first-order valence-corrected chi connectivity index (χ1v) is 8.75. The van der Waals surface area contributed by atoms with Gasteiger partial charge in [-0.05, 0) is 50.2 Å². The highest BCUT2D eigenvalue weighted by molar-refractivity contribution is 5.92. The summed E-state index contributed by atoms with van der Waals surface area (Å²) in [4.78, 5) is 30.9. The van der Waals surface area contributed by atoms with Crippen molar-refractivity contribution in [2.45, 2.75) is 13.8 Å². The van der Waals surface area contributed by atoms with Gasteiger partial charge in [0.05, 0.1) is 4.92 Å². The van der Waals surface area contributed by atoms with Crippen LogP contribution in [0.2, 0.25) is 0 Å². The Kier molecular flexibility index (Phi) is 5.98. The Morgan fingerprint density at radius 1 is 1.03 bits per heavy atom. The van der Waals surface area contributed by atoms with Crippen molar-refractivity contribution in [3.05, 3.63) is 76.1 Å². The molecule has 3 aromatic rings. The number of benzene rings is 2. The Hall–Kier alpha value is -4.01. The summed E-state index contributed by atoms with van der Waals surface area (Å²) in [6.07, 6.45) is 0. The molecule has 0 radical (unpaired) electrons. The molecular weight excluding hydrogens is 374 g/mol. The van der Waals surface area contributed by atoms with Crippen LogP contribution in [-0.2, 0) is 4.79 Å². The van der Waals surface area contributed by atoms with Crippen molar-refractivity contribution in [1.29, 1.82) is 0 Å². The molecule has 0 atom stereocenters. The average Bonchev–Trinajstić information content (AvgIpc) is 2.66. The van der Waals surface area contributed by atoms with E-state index in [0.29, 0.717) is 17.4 Å². The molecule has 0 aliphatic heterocycles. The van der Waals surface area contributed by atoms with Gasteiger partial charge in [0.15, 0.2) is 6.61 Å². The third-order valence-electron chi connectivity index (χ3n) is 3.80. The fourth-order valence-electron chi connectivity index (χ4n) is 2.60. The topological polar surface area (TPSA) is 119 Å². The minimum Gasteiger partial charge on any atom is -0.484 e. The molecule has 2 N–H and O–H groups in total. The molecule has 29 heavy (non-hydrogen) atoms. The number of nitro groups is 1. The van der Waals surface area contributed by atoms with E-state index in [-0.39, 0.29) is 18.2 Å². The molecule has 2 aromatic carbocycles. The van der Waals surface area contributed by atoms with Crippen molar-refractivity contribution in [3.63, 3.8) is 0 Å². The number of nitrogens with one attached hydrogen (secondary N) is 2. The van der Waals surface area contributed by atoms with E-state index in [2.05, 4.69) is 20.6 Å². The standard InChI is InChI=1S/C20H19N5O4/c1-13-10-14(2)22-20(21-13)24-16-5-3-4-15(11-16)23-19(26)12-29-18-8-6-17(7-9-18)25(27)28/h3-11H,12H2,1-2H3,(H,23,26)(H,21,22,24). The predicted molar refractivity (Wildman–Crippen MR) is 108 cm³/mol. The van der Waals surface area contributed by atoms with Gasteiger partial charge < -0.3 is 15.4 Å². The third-order valence-corrected chi connectivity index (χ3v) is 3.80. The van der Waals surface area contributed by atoms with E-state index in [1.165, 1.54) is 24.3 Å². The molecule has 0 saturated carbocycles. The van der Waals surface area contributed by atoms with Gasteiger partial charge in [-0.3, -0.25) is 14.9 Å². The van der Waals surface area contributed by atoms with Crippen LogP contribution in [0.25, 0.3) is 0 Å². The van der Waals surface area contributed by atoms with Crippen LogP contribution in [0.1, 0.15) is 11.4 Å². The summed E-state index contributed by atoms with van der Waals surface area (Å²) in [5.41, 5.74) is 2.97. The number of anilines is 3. The number of amides is 1. The molecule has 9 nitrogen and oxygen atoms in total. The summed E-state index contributed by atoms with van der Waals surface area (Å²) in [7, 11) is 0. The van der Waals surface area contributed by atoms with E-state index in [9.17, 15) is 14.9 Å². The number of nitro benzene ring substituents is 1. The maximum Gasteiger partial charge on any atom is 0.269 e. The number of carbonyl (C=O) groups excluding carboxylic acids is 1. The van der Waals surface area contributed by atoms with Gasteiger partial charge in [0.25, 0.3) is 11.6 Å². The first kappa shape index (κ1) is 19.7. The molecule has 0 spiro atoms. The molecule has 3 rings (SSSR count). The van der Waals surface area contributed by atoms with Gasteiger partial charge >= 0.3 is 0 Å². The molecule has 0 aliphatic carbocycles. The predicted octanol–water partition coefficient (Wildman–Crippen LogP) is 3.76. The zero-order valence-electron chi connectivity index (χ0n) is 15.9. The van der Waals surface area contributed by atoms with Crippen LogP contribution in [0.4, 0.5) is 23.0 Å². The van der Waals surface area contributed by atoms with E-state index < -0.39 is 4.92 Å². The minimum absolute atomic E-state index is 0.0427. The lowest BCUT2D eigenvalue weighted by Crippen LogP contribution is -2.20. The number of aromatic nitrogens is 2. The van der Waals surface area contributed by atoms with Gasteiger partial charge in [-0.15, -0.1) is 0 Å². The molecule has 0 saturated heterocycles. The maximum atomic E-state index is 12.1. The molecule has 9 heteroatoms. The summed E-state index contributed by atoms with van der Waals surface area (Å²) < 4.78 is 5.36. The number of rotatable bonds is 7. The molecule has 0 bridgehead atoms. The first-order chi connectivity index (χ1) is 13.9. The number of hydrogen-bond donors (Lipinski definition) is 2. The second kappa shape index (κ2) is 8.79. The quantitative estimate of drug-likeness (QED) is 0.463. The van der Waals surface area contributed by atoms with Crippen LogP contribution < -0.4 is 15.4 Å². The Morgan fingerprint density at radius 3 is 2.34 bits per heavy atom. The molecular formula is C20H19N5O4. The molecule has 148 valence electrons. The molecule has 1 heterocycles.